The first-order valence-corrected chi connectivity index (χ1v) is 12.0. The number of carboxylic acids is 1. The van der Waals surface area contributed by atoms with Crippen LogP contribution < -0.4 is 0 Å². The second-order valence-electron chi connectivity index (χ2n) is 10.4. The largest absolute Gasteiger partial charge is 0.480 e. The Bertz CT molecular complexity index is 1590. The molecule has 2 aromatic heterocycles. The van der Waals surface area contributed by atoms with Gasteiger partial charge < -0.3 is 14.2 Å². The zero-order valence-electron chi connectivity index (χ0n) is 21.1. The summed E-state index contributed by atoms with van der Waals surface area (Å²) in [6.45, 7) is 10.00. The molecule has 182 valence electrons. The average Bonchev–Trinajstić information content (AvgIpc) is 3.46. The summed E-state index contributed by atoms with van der Waals surface area (Å²) in [6, 6.07) is 21.6. The van der Waals surface area contributed by atoms with E-state index in [1.54, 1.807) is 0 Å². The van der Waals surface area contributed by atoms with Crippen LogP contribution in [0.15, 0.2) is 77.4 Å². The first-order valence-electron chi connectivity index (χ1n) is 12.0. The first kappa shape index (κ1) is 23.5. The van der Waals surface area contributed by atoms with Gasteiger partial charge in [0, 0.05) is 28.2 Å². The summed E-state index contributed by atoms with van der Waals surface area (Å²) in [5.41, 5.74) is 6.85. The molecule has 6 nitrogen and oxygen atoms in total. The van der Waals surface area contributed by atoms with E-state index in [1.807, 2.05) is 67.9 Å². The van der Waals surface area contributed by atoms with Crippen molar-refractivity contribution in [1.82, 2.24) is 14.7 Å². The fourth-order valence-corrected chi connectivity index (χ4v) is 4.87. The van der Waals surface area contributed by atoms with Crippen molar-refractivity contribution >= 4 is 16.9 Å². The number of carbonyl (C=O) groups is 1. The number of rotatable bonds is 5. The SMILES string of the molecule is Cc1ccccc1-c1ccc(-c2nc(-c3ccc4c(ccn4C(C(=O)O)C(C)(C)C)c3)no2)cc1C. The molecule has 6 heteroatoms. The van der Waals surface area contributed by atoms with Crippen LogP contribution in [-0.2, 0) is 4.79 Å². The van der Waals surface area contributed by atoms with Gasteiger partial charge in [-0.25, -0.2) is 4.79 Å². The molecule has 0 bridgehead atoms. The normalized spacial score (nSPS) is 12.7. The summed E-state index contributed by atoms with van der Waals surface area (Å²) in [7, 11) is 0. The van der Waals surface area contributed by atoms with E-state index in [4.69, 9.17) is 4.52 Å². The van der Waals surface area contributed by atoms with Crippen LogP contribution in [-0.4, -0.2) is 25.8 Å². The quantitative estimate of drug-likeness (QED) is 0.286. The maximum absolute atomic E-state index is 12.0. The van der Waals surface area contributed by atoms with Crippen LogP contribution in [0, 0.1) is 19.3 Å². The third-order valence-corrected chi connectivity index (χ3v) is 6.65. The smallest absolute Gasteiger partial charge is 0.327 e. The Kier molecular flexibility index (Phi) is 5.75. The minimum atomic E-state index is -0.851. The van der Waals surface area contributed by atoms with Gasteiger partial charge in [-0.15, -0.1) is 0 Å². The zero-order chi connectivity index (χ0) is 25.6. The zero-order valence-corrected chi connectivity index (χ0v) is 21.1. The lowest BCUT2D eigenvalue weighted by atomic mass is 9.86. The minimum Gasteiger partial charge on any atom is -0.480 e. The number of benzene rings is 3. The maximum Gasteiger partial charge on any atom is 0.327 e. The molecular weight excluding hydrogens is 450 g/mol. The van der Waals surface area contributed by atoms with Crippen molar-refractivity contribution in [3.63, 3.8) is 0 Å². The number of carboxylic acid groups (broad SMARTS) is 1. The predicted molar refractivity (Wildman–Crippen MR) is 142 cm³/mol. The van der Waals surface area contributed by atoms with E-state index in [1.165, 1.54) is 16.7 Å². The van der Waals surface area contributed by atoms with Crippen LogP contribution in [0.25, 0.3) is 44.9 Å². The molecule has 0 fully saturated rings. The molecule has 0 spiro atoms. The molecule has 0 aliphatic heterocycles. The van der Waals surface area contributed by atoms with E-state index in [0.717, 1.165) is 27.6 Å². The molecule has 3 aromatic carbocycles. The van der Waals surface area contributed by atoms with Gasteiger partial charge in [0.05, 0.1) is 0 Å². The van der Waals surface area contributed by atoms with Crippen molar-refractivity contribution in [1.29, 1.82) is 0 Å². The number of hydrogen-bond donors (Lipinski definition) is 1. The molecule has 0 saturated heterocycles. The number of nitrogens with zero attached hydrogens (tertiary/aromatic N) is 3. The van der Waals surface area contributed by atoms with Gasteiger partial charge in [-0.05, 0) is 77.9 Å². The monoisotopic (exact) mass is 479 g/mol. The fraction of sp³-hybridized carbons (Fsp3) is 0.233. The fourth-order valence-electron chi connectivity index (χ4n) is 4.87. The average molecular weight is 480 g/mol. The second kappa shape index (κ2) is 8.79. The lowest BCUT2D eigenvalue weighted by Crippen LogP contribution is -2.31. The van der Waals surface area contributed by atoms with Gasteiger partial charge in [0.2, 0.25) is 5.82 Å². The number of aliphatic carboxylic acids is 1. The van der Waals surface area contributed by atoms with Crippen LogP contribution in [0.2, 0.25) is 0 Å². The molecule has 5 rings (SSSR count). The molecule has 0 saturated carbocycles. The lowest BCUT2D eigenvalue weighted by Gasteiger charge is -2.29. The van der Waals surface area contributed by atoms with Gasteiger partial charge in [-0.1, -0.05) is 56.3 Å². The standard InChI is InChI=1S/C30H29N3O3/c1-18-8-6-7-9-23(18)24-12-10-22(16-19(24)2)28-31-27(32-36-28)21-11-13-25-20(17-21)14-15-33(25)26(29(34)35)30(3,4)5/h6-17,26H,1-5H3,(H,34,35). The third-order valence-electron chi connectivity index (χ3n) is 6.65. The van der Waals surface area contributed by atoms with Gasteiger partial charge >= 0.3 is 5.97 Å². The Labute approximate surface area is 210 Å². The van der Waals surface area contributed by atoms with Crippen LogP contribution in [0.1, 0.15) is 37.9 Å². The van der Waals surface area contributed by atoms with Crippen molar-refractivity contribution < 1.29 is 14.4 Å². The third kappa shape index (κ3) is 4.19. The summed E-state index contributed by atoms with van der Waals surface area (Å²) in [5, 5.41) is 15.0. The summed E-state index contributed by atoms with van der Waals surface area (Å²) >= 11 is 0. The van der Waals surface area contributed by atoms with Crippen LogP contribution in [0.5, 0.6) is 0 Å². The molecule has 36 heavy (non-hydrogen) atoms. The highest BCUT2D eigenvalue weighted by Crippen LogP contribution is 2.35. The Morgan fingerprint density at radius 2 is 1.64 bits per heavy atom. The molecule has 2 heterocycles. The Morgan fingerprint density at radius 1 is 0.917 bits per heavy atom. The number of aryl methyl sites for hydroxylation is 2. The van der Waals surface area contributed by atoms with Gasteiger partial charge in [-0.2, -0.15) is 4.98 Å². The van der Waals surface area contributed by atoms with E-state index in [2.05, 4.69) is 54.3 Å². The van der Waals surface area contributed by atoms with Crippen molar-refractivity contribution in [2.24, 2.45) is 5.41 Å². The van der Waals surface area contributed by atoms with Crippen LogP contribution in [0.3, 0.4) is 0 Å². The van der Waals surface area contributed by atoms with Crippen molar-refractivity contribution in [3.05, 3.63) is 84.1 Å². The van der Waals surface area contributed by atoms with E-state index >= 15 is 0 Å². The molecule has 0 aliphatic carbocycles. The second-order valence-corrected chi connectivity index (χ2v) is 10.4. The lowest BCUT2D eigenvalue weighted by molar-refractivity contribution is -0.144. The number of fused-ring (bicyclic) bond motifs is 1. The van der Waals surface area contributed by atoms with E-state index in [0.29, 0.717) is 11.7 Å². The summed E-state index contributed by atoms with van der Waals surface area (Å²) < 4.78 is 7.44. The maximum atomic E-state index is 12.0. The molecule has 1 N–H and O–H groups in total. The first-order chi connectivity index (χ1) is 17.1. The van der Waals surface area contributed by atoms with Gasteiger partial charge in [0.15, 0.2) is 0 Å². The molecule has 0 aliphatic rings. The van der Waals surface area contributed by atoms with Crippen molar-refractivity contribution in [2.45, 2.75) is 40.7 Å². The highest BCUT2D eigenvalue weighted by Gasteiger charge is 2.33. The molecule has 1 atom stereocenters. The minimum absolute atomic E-state index is 0.439. The van der Waals surface area contributed by atoms with Crippen LogP contribution >= 0.6 is 0 Å². The van der Waals surface area contributed by atoms with Gasteiger partial charge in [0.25, 0.3) is 5.89 Å². The summed E-state index contributed by atoms with van der Waals surface area (Å²) in [4.78, 5) is 16.7. The number of aromatic nitrogens is 3. The van der Waals surface area contributed by atoms with Crippen LogP contribution in [0.4, 0.5) is 0 Å². The predicted octanol–water partition coefficient (Wildman–Crippen LogP) is 7.31. The highest BCUT2D eigenvalue weighted by atomic mass is 16.5. The van der Waals surface area contributed by atoms with E-state index in [-0.39, 0.29) is 0 Å². The highest BCUT2D eigenvalue weighted by molar-refractivity contribution is 5.87. The molecule has 5 aromatic rings. The molecule has 1 unspecified atom stereocenters. The van der Waals surface area contributed by atoms with Crippen molar-refractivity contribution in [2.75, 3.05) is 0 Å². The van der Waals surface area contributed by atoms with Crippen molar-refractivity contribution in [3.8, 4) is 34.0 Å². The Balaban J connectivity index is 1.46. The number of hydrogen-bond acceptors (Lipinski definition) is 4. The van der Waals surface area contributed by atoms with Gasteiger partial charge in [0.1, 0.15) is 6.04 Å². The molecule has 0 amide bonds. The summed E-state index contributed by atoms with van der Waals surface area (Å²) in [5.74, 6) is 0.0993. The Morgan fingerprint density at radius 3 is 2.33 bits per heavy atom. The van der Waals surface area contributed by atoms with E-state index < -0.39 is 17.4 Å². The van der Waals surface area contributed by atoms with Gasteiger partial charge in [-0.3, -0.25) is 0 Å². The topological polar surface area (TPSA) is 81.2 Å². The Hall–Kier alpha value is -4.19. The molecule has 0 radical (unpaired) electrons. The van der Waals surface area contributed by atoms with E-state index in [9.17, 15) is 9.90 Å². The summed E-state index contributed by atoms with van der Waals surface area (Å²) in [6.07, 6.45) is 1.83. The molecular formula is C30H29N3O3.